The minimum atomic E-state index is -1.11. The summed E-state index contributed by atoms with van der Waals surface area (Å²) < 4.78 is 0.626. The van der Waals surface area contributed by atoms with Gasteiger partial charge in [0, 0.05) is 11.0 Å². The molecule has 1 aliphatic rings. The maximum Gasteiger partial charge on any atom is 0.337 e. The van der Waals surface area contributed by atoms with Crippen LogP contribution < -0.4 is 5.32 Å². The van der Waals surface area contributed by atoms with Gasteiger partial charge in [0.05, 0.1) is 23.9 Å². The van der Waals surface area contributed by atoms with Crippen molar-refractivity contribution >= 4 is 33.6 Å². The van der Waals surface area contributed by atoms with E-state index in [9.17, 15) is 19.8 Å². The van der Waals surface area contributed by atoms with E-state index >= 15 is 0 Å². The van der Waals surface area contributed by atoms with Crippen LogP contribution in [0.2, 0.25) is 0 Å². The average molecular weight is 357 g/mol. The summed E-state index contributed by atoms with van der Waals surface area (Å²) in [6.45, 7) is 2.44. The molecule has 2 rings (SSSR count). The number of aliphatic hydroxyl groups is 1. The van der Waals surface area contributed by atoms with Crippen LogP contribution in [0.5, 0.6) is 0 Å². The summed E-state index contributed by atoms with van der Waals surface area (Å²) in [5.41, 5.74) is 0.262. The number of urea groups is 1. The number of nitrogens with zero attached hydrogens (tertiary/aromatic N) is 1. The first kappa shape index (κ1) is 15.8. The molecule has 0 saturated carbocycles. The molecule has 21 heavy (non-hydrogen) atoms. The lowest BCUT2D eigenvalue weighted by Gasteiger charge is -2.25. The smallest absolute Gasteiger partial charge is 0.337 e. The van der Waals surface area contributed by atoms with Crippen LogP contribution >= 0.6 is 15.9 Å². The van der Waals surface area contributed by atoms with Crippen molar-refractivity contribution < 1.29 is 19.8 Å². The standard InChI is InChI=1S/C14H17BrN2O4/c1-8-4-5-17(12(8)7-18)14(21)16-11-3-2-9(15)6-10(11)13(19)20/h2-3,6,8,12,18H,4-5,7H2,1H3,(H,16,21)(H,19,20). The van der Waals surface area contributed by atoms with Gasteiger partial charge in [0.1, 0.15) is 0 Å². The van der Waals surface area contributed by atoms with E-state index in [1.54, 1.807) is 17.0 Å². The topological polar surface area (TPSA) is 89.9 Å². The molecule has 1 aromatic rings. The van der Waals surface area contributed by atoms with Crippen molar-refractivity contribution in [3.05, 3.63) is 28.2 Å². The van der Waals surface area contributed by atoms with Crippen molar-refractivity contribution in [3.63, 3.8) is 0 Å². The van der Waals surface area contributed by atoms with Crippen LogP contribution in [-0.2, 0) is 0 Å². The van der Waals surface area contributed by atoms with Crippen molar-refractivity contribution in [1.82, 2.24) is 4.90 Å². The molecule has 6 nitrogen and oxygen atoms in total. The molecule has 0 radical (unpaired) electrons. The second-order valence-corrected chi connectivity index (χ2v) is 6.05. The molecule has 114 valence electrons. The number of carboxylic acid groups (broad SMARTS) is 1. The Morgan fingerprint density at radius 2 is 2.19 bits per heavy atom. The summed E-state index contributed by atoms with van der Waals surface area (Å²) in [5.74, 6) is -0.885. The molecule has 7 heteroatoms. The van der Waals surface area contributed by atoms with Gasteiger partial charge in [-0.3, -0.25) is 0 Å². The van der Waals surface area contributed by atoms with E-state index in [1.807, 2.05) is 6.92 Å². The number of benzene rings is 1. The number of likely N-dealkylation sites (tertiary alicyclic amines) is 1. The fraction of sp³-hybridized carbons (Fsp3) is 0.429. The zero-order valence-corrected chi connectivity index (χ0v) is 13.1. The second kappa shape index (κ2) is 6.44. The molecule has 3 N–H and O–H groups in total. The van der Waals surface area contributed by atoms with Crippen LogP contribution in [0, 0.1) is 5.92 Å². The summed E-state index contributed by atoms with van der Waals surface area (Å²) in [6.07, 6.45) is 0.824. The third-order valence-corrected chi connectivity index (χ3v) is 4.28. The number of carboxylic acids is 1. The largest absolute Gasteiger partial charge is 0.478 e. The Kier molecular flexibility index (Phi) is 4.84. The monoisotopic (exact) mass is 356 g/mol. The van der Waals surface area contributed by atoms with Gasteiger partial charge in [-0.15, -0.1) is 0 Å². The Bertz CT molecular complexity index is 564. The normalized spacial score (nSPS) is 21.4. The first-order chi connectivity index (χ1) is 9.93. The lowest BCUT2D eigenvalue weighted by atomic mass is 10.0. The molecular formula is C14H17BrN2O4. The van der Waals surface area contributed by atoms with E-state index in [4.69, 9.17) is 0 Å². The lowest BCUT2D eigenvalue weighted by Crippen LogP contribution is -2.42. The number of anilines is 1. The molecule has 1 aromatic carbocycles. The van der Waals surface area contributed by atoms with E-state index < -0.39 is 5.97 Å². The number of rotatable bonds is 3. The highest BCUT2D eigenvalue weighted by Crippen LogP contribution is 2.26. The van der Waals surface area contributed by atoms with Gasteiger partial charge in [-0.05, 0) is 30.5 Å². The van der Waals surface area contributed by atoms with Crippen LogP contribution in [0.15, 0.2) is 22.7 Å². The van der Waals surface area contributed by atoms with E-state index in [1.165, 1.54) is 6.07 Å². The number of amides is 2. The van der Waals surface area contributed by atoms with E-state index in [0.29, 0.717) is 11.0 Å². The lowest BCUT2D eigenvalue weighted by molar-refractivity contribution is 0.0698. The molecule has 1 aliphatic heterocycles. The number of halogens is 1. The van der Waals surface area contributed by atoms with Crippen molar-refractivity contribution in [2.24, 2.45) is 5.92 Å². The number of carbonyl (C=O) groups is 2. The summed E-state index contributed by atoms with van der Waals surface area (Å²) in [7, 11) is 0. The van der Waals surface area contributed by atoms with Crippen LogP contribution in [-0.4, -0.2) is 46.3 Å². The van der Waals surface area contributed by atoms with Crippen LogP contribution in [0.3, 0.4) is 0 Å². The second-order valence-electron chi connectivity index (χ2n) is 5.13. The minimum Gasteiger partial charge on any atom is -0.478 e. The highest BCUT2D eigenvalue weighted by molar-refractivity contribution is 9.10. The van der Waals surface area contributed by atoms with E-state index in [0.717, 1.165) is 6.42 Å². The Morgan fingerprint density at radius 1 is 1.48 bits per heavy atom. The summed E-state index contributed by atoms with van der Waals surface area (Å²) in [4.78, 5) is 25.1. The van der Waals surface area contributed by atoms with Gasteiger partial charge in [0.2, 0.25) is 0 Å². The average Bonchev–Trinajstić information content (AvgIpc) is 2.81. The van der Waals surface area contributed by atoms with Crippen LogP contribution in [0.4, 0.5) is 10.5 Å². The number of hydrogen-bond acceptors (Lipinski definition) is 3. The molecule has 1 heterocycles. The highest BCUT2D eigenvalue weighted by atomic mass is 79.9. The fourth-order valence-corrected chi connectivity index (χ4v) is 2.89. The third kappa shape index (κ3) is 3.36. The van der Waals surface area contributed by atoms with E-state index in [-0.39, 0.29) is 35.8 Å². The molecule has 0 aromatic heterocycles. The summed E-state index contributed by atoms with van der Waals surface area (Å²) in [5, 5.41) is 21.2. The molecule has 1 fully saturated rings. The zero-order chi connectivity index (χ0) is 15.6. The van der Waals surface area contributed by atoms with Gasteiger partial charge in [-0.2, -0.15) is 0 Å². The maximum absolute atomic E-state index is 12.3. The Labute approximate surface area is 130 Å². The number of aliphatic hydroxyl groups excluding tert-OH is 1. The maximum atomic E-state index is 12.3. The van der Waals surface area contributed by atoms with Gasteiger partial charge in [0.15, 0.2) is 0 Å². The number of hydrogen-bond donors (Lipinski definition) is 3. The van der Waals surface area contributed by atoms with Crippen molar-refractivity contribution in [2.75, 3.05) is 18.5 Å². The van der Waals surface area contributed by atoms with Gasteiger partial charge in [-0.1, -0.05) is 22.9 Å². The molecule has 0 bridgehead atoms. The van der Waals surface area contributed by atoms with Crippen molar-refractivity contribution in [3.8, 4) is 0 Å². The molecule has 1 saturated heterocycles. The molecule has 0 spiro atoms. The highest BCUT2D eigenvalue weighted by Gasteiger charge is 2.34. The molecule has 2 unspecified atom stereocenters. The number of nitrogens with one attached hydrogen (secondary N) is 1. The number of carbonyl (C=O) groups excluding carboxylic acids is 1. The molecular weight excluding hydrogens is 340 g/mol. The third-order valence-electron chi connectivity index (χ3n) is 3.78. The van der Waals surface area contributed by atoms with Crippen LogP contribution in [0.25, 0.3) is 0 Å². The fourth-order valence-electron chi connectivity index (χ4n) is 2.53. The SMILES string of the molecule is CC1CCN(C(=O)Nc2ccc(Br)cc2C(=O)O)C1CO. The van der Waals surface area contributed by atoms with Crippen molar-refractivity contribution in [1.29, 1.82) is 0 Å². The predicted octanol–water partition coefficient (Wildman–Crippen LogP) is 2.38. The first-order valence-corrected chi connectivity index (χ1v) is 7.44. The molecule has 2 atom stereocenters. The van der Waals surface area contributed by atoms with Crippen molar-refractivity contribution in [2.45, 2.75) is 19.4 Å². The minimum absolute atomic E-state index is 0.0190. The summed E-state index contributed by atoms with van der Waals surface area (Å²) >= 11 is 3.21. The predicted molar refractivity (Wildman–Crippen MR) is 81.5 cm³/mol. The Morgan fingerprint density at radius 3 is 2.81 bits per heavy atom. The zero-order valence-electron chi connectivity index (χ0n) is 11.5. The van der Waals surface area contributed by atoms with E-state index in [2.05, 4.69) is 21.2 Å². The quantitative estimate of drug-likeness (QED) is 0.775. The van der Waals surface area contributed by atoms with Crippen LogP contribution in [0.1, 0.15) is 23.7 Å². The Balaban J connectivity index is 2.18. The molecule has 0 aliphatic carbocycles. The Hall–Kier alpha value is -1.60. The van der Waals surface area contributed by atoms with Gasteiger partial charge >= 0.3 is 12.0 Å². The molecule has 2 amide bonds. The first-order valence-electron chi connectivity index (χ1n) is 6.65. The van der Waals surface area contributed by atoms with Gasteiger partial charge in [0.25, 0.3) is 0 Å². The number of aromatic carboxylic acids is 1. The van der Waals surface area contributed by atoms with Gasteiger partial charge < -0.3 is 20.4 Å². The summed E-state index contributed by atoms with van der Waals surface area (Å²) in [6, 6.07) is 4.03. The van der Waals surface area contributed by atoms with Gasteiger partial charge in [-0.25, -0.2) is 9.59 Å².